The molecule has 0 amide bonds. The minimum absolute atomic E-state index is 0.202. The van der Waals surface area contributed by atoms with E-state index in [0.29, 0.717) is 0 Å². The highest BCUT2D eigenvalue weighted by molar-refractivity contribution is 6.02. The second-order valence-corrected chi connectivity index (χ2v) is 4.18. The largest absolute Gasteiger partial charge is 0.478 e. The number of benzene rings is 1. The molecule has 0 aliphatic heterocycles. The highest BCUT2D eigenvalue weighted by Crippen LogP contribution is 2.26. The van der Waals surface area contributed by atoms with Crippen LogP contribution in [0.1, 0.15) is 10.4 Å². The van der Waals surface area contributed by atoms with Gasteiger partial charge in [-0.25, -0.2) is 18.6 Å². The Hall–Kier alpha value is -2.38. The van der Waals surface area contributed by atoms with Gasteiger partial charge >= 0.3 is 18.3 Å². The molecule has 4 nitrogen and oxygen atoms in total. The number of para-hydroxylation sites is 1. The summed E-state index contributed by atoms with van der Waals surface area (Å²) < 4.78 is 54.2. The molecule has 0 unspecified atom stereocenters. The lowest BCUT2D eigenvalue weighted by molar-refractivity contribution is -0.148. The number of carboxylic acid groups (broad SMARTS) is 1. The van der Waals surface area contributed by atoms with Gasteiger partial charge in [0.05, 0.1) is 11.1 Å². The van der Waals surface area contributed by atoms with E-state index in [4.69, 9.17) is 5.11 Å². The van der Waals surface area contributed by atoms with Gasteiger partial charge in [0.15, 0.2) is 6.61 Å². The highest BCUT2D eigenvalue weighted by Gasteiger charge is 2.41. The van der Waals surface area contributed by atoms with Gasteiger partial charge in [-0.3, -0.25) is 0 Å². The minimum Gasteiger partial charge on any atom is -0.478 e. The van der Waals surface area contributed by atoms with Gasteiger partial charge in [0, 0.05) is 11.5 Å². The molecular formula is C13H9F4NO3. The van der Waals surface area contributed by atoms with E-state index < -0.39 is 30.8 Å². The first-order valence-corrected chi connectivity index (χ1v) is 5.73. The molecule has 112 valence electrons. The van der Waals surface area contributed by atoms with Gasteiger partial charge in [-0.05, 0) is 6.07 Å². The molecule has 0 saturated heterocycles. The summed E-state index contributed by atoms with van der Waals surface area (Å²) in [6.45, 7) is -1.59. The summed E-state index contributed by atoms with van der Waals surface area (Å²) in [7, 11) is 0. The minimum atomic E-state index is -4.34. The fraction of sp³-hybridized carbons (Fsp3) is 0.231. The zero-order chi connectivity index (χ0) is 15.6. The number of fused-ring (bicyclic) bond motifs is 1. The molecule has 1 N–H and O–H groups in total. The number of halogens is 4. The first-order chi connectivity index (χ1) is 9.81. The highest BCUT2D eigenvalue weighted by atomic mass is 19.3. The zero-order valence-electron chi connectivity index (χ0n) is 10.4. The summed E-state index contributed by atoms with van der Waals surface area (Å²) in [5.74, 6) is -6.10. The lowest BCUT2D eigenvalue weighted by atomic mass is 10.1. The molecule has 0 aliphatic rings. The number of ether oxygens (including phenoxy) is 1. The van der Waals surface area contributed by atoms with E-state index in [1.54, 1.807) is 12.1 Å². The van der Waals surface area contributed by atoms with Crippen molar-refractivity contribution in [2.24, 2.45) is 0 Å². The lowest BCUT2D eigenvalue weighted by Crippen LogP contribution is -2.33. The lowest BCUT2D eigenvalue weighted by Gasteiger charge is -2.16. The summed E-state index contributed by atoms with van der Waals surface area (Å²) in [5.41, 5.74) is -0.0104. The Morgan fingerprint density at radius 2 is 2.00 bits per heavy atom. The van der Waals surface area contributed by atoms with Crippen LogP contribution in [0.2, 0.25) is 0 Å². The standard InChI is InChI=1S/C13H9F4NO3/c14-12(15)13(16,17)6-21-10-5-8(11(19)20)7-3-1-2-4-9(7)18-10/h1-5,12H,6H2,(H,19,20). The van der Waals surface area contributed by atoms with Crippen LogP contribution in [0, 0.1) is 0 Å². The number of aromatic nitrogens is 1. The van der Waals surface area contributed by atoms with Gasteiger partial charge in [-0.2, -0.15) is 8.78 Å². The SMILES string of the molecule is O=C(O)c1cc(OCC(F)(F)C(F)F)nc2ccccc12. The number of carbonyl (C=O) groups is 1. The van der Waals surface area contributed by atoms with E-state index in [1.807, 2.05) is 0 Å². The van der Waals surface area contributed by atoms with Crippen molar-refractivity contribution >= 4 is 16.9 Å². The molecule has 0 radical (unpaired) electrons. The molecule has 0 spiro atoms. The Kier molecular flexibility index (Phi) is 3.97. The van der Waals surface area contributed by atoms with Gasteiger partial charge in [0.1, 0.15) is 0 Å². The molecule has 21 heavy (non-hydrogen) atoms. The van der Waals surface area contributed by atoms with Crippen molar-refractivity contribution in [1.29, 1.82) is 0 Å². The molecule has 2 aromatic rings. The van der Waals surface area contributed by atoms with Crippen LogP contribution in [-0.4, -0.2) is 35.0 Å². The van der Waals surface area contributed by atoms with E-state index in [-0.39, 0.29) is 16.5 Å². The predicted octanol–water partition coefficient (Wildman–Crippen LogP) is 3.21. The Bertz CT molecular complexity index is 676. The number of hydrogen-bond donors (Lipinski definition) is 1. The number of carboxylic acids is 1. The molecule has 0 fully saturated rings. The van der Waals surface area contributed by atoms with Gasteiger partial charge in [0.25, 0.3) is 0 Å². The van der Waals surface area contributed by atoms with Crippen LogP contribution in [0.25, 0.3) is 10.9 Å². The van der Waals surface area contributed by atoms with E-state index >= 15 is 0 Å². The average Bonchev–Trinajstić information content (AvgIpc) is 2.44. The van der Waals surface area contributed by atoms with Gasteiger partial charge in [-0.1, -0.05) is 18.2 Å². The fourth-order valence-corrected chi connectivity index (χ4v) is 1.64. The van der Waals surface area contributed by atoms with Crippen molar-refractivity contribution in [2.45, 2.75) is 12.3 Å². The average molecular weight is 303 g/mol. The Labute approximate surface area is 116 Å². The van der Waals surface area contributed by atoms with E-state index in [1.165, 1.54) is 12.1 Å². The van der Waals surface area contributed by atoms with Crippen molar-refractivity contribution in [3.63, 3.8) is 0 Å². The van der Waals surface area contributed by atoms with Crippen molar-refractivity contribution in [3.05, 3.63) is 35.9 Å². The Morgan fingerprint density at radius 3 is 2.62 bits per heavy atom. The van der Waals surface area contributed by atoms with E-state index in [0.717, 1.165) is 6.07 Å². The van der Waals surface area contributed by atoms with E-state index in [2.05, 4.69) is 9.72 Å². The zero-order valence-corrected chi connectivity index (χ0v) is 10.4. The van der Waals surface area contributed by atoms with Crippen molar-refractivity contribution in [2.75, 3.05) is 6.61 Å². The number of alkyl halides is 4. The third-order valence-electron chi connectivity index (χ3n) is 2.65. The molecule has 2 rings (SSSR count). The second-order valence-electron chi connectivity index (χ2n) is 4.18. The quantitative estimate of drug-likeness (QED) is 0.862. The summed E-state index contributed by atoms with van der Waals surface area (Å²) in [6.07, 6.45) is -3.88. The van der Waals surface area contributed by atoms with E-state index in [9.17, 15) is 22.4 Å². The van der Waals surface area contributed by atoms with Crippen LogP contribution >= 0.6 is 0 Å². The summed E-state index contributed by atoms with van der Waals surface area (Å²) in [4.78, 5) is 14.9. The molecule has 0 saturated carbocycles. The maximum Gasteiger partial charge on any atom is 0.340 e. The van der Waals surface area contributed by atoms with Crippen LogP contribution in [0.4, 0.5) is 17.6 Å². The third-order valence-corrected chi connectivity index (χ3v) is 2.65. The molecule has 0 atom stereocenters. The molecule has 0 aliphatic carbocycles. The third kappa shape index (κ3) is 3.21. The molecule has 1 aromatic carbocycles. The summed E-state index contributed by atoms with van der Waals surface area (Å²) in [6, 6.07) is 7.02. The maximum absolute atomic E-state index is 12.8. The molecule has 8 heteroatoms. The number of aromatic carboxylic acids is 1. The van der Waals surface area contributed by atoms with Crippen molar-refractivity contribution < 1.29 is 32.2 Å². The number of pyridine rings is 1. The number of rotatable bonds is 5. The molecule has 0 bridgehead atoms. The topological polar surface area (TPSA) is 59.4 Å². The van der Waals surface area contributed by atoms with Gasteiger partial charge in [0.2, 0.25) is 5.88 Å². The van der Waals surface area contributed by atoms with Crippen LogP contribution in [0.3, 0.4) is 0 Å². The number of nitrogens with zero attached hydrogens (tertiary/aromatic N) is 1. The smallest absolute Gasteiger partial charge is 0.340 e. The summed E-state index contributed by atoms with van der Waals surface area (Å²) in [5, 5.41) is 9.36. The Morgan fingerprint density at radius 1 is 1.33 bits per heavy atom. The molecular weight excluding hydrogens is 294 g/mol. The fourth-order valence-electron chi connectivity index (χ4n) is 1.64. The maximum atomic E-state index is 12.8. The van der Waals surface area contributed by atoms with Crippen molar-refractivity contribution in [3.8, 4) is 5.88 Å². The van der Waals surface area contributed by atoms with Crippen LogP contribution in [-0.2, 0) is 0 Å². The normalized spacial score (nSPS) is 11.9. The van der Waals surface area contributed by atoms with Crippen molar-refractivity contribution in [1.82, 2.24) is 4.98 Å². The van der Waals surface area contributed by atoms with Crippen LogP contribution in [0.15, 0.2) is 30.3 Å². The predicted molar refractivity (Wildman–Crippen MR) is 65.1 cm³/mol. The monoisotopic (exact) mass is 303 g/mol. The van der Waals surface area contributed by atoms with Crippen LogP contribution < -0.4 is 4.74 Å². The van der Waals surface area contributed by atoms with Crippen LogP contribution in [0.5, 0.6) is 5.88 Å². The molecule has 1 heterocycles. The van der Waals surface area contributed by atoms with Gasteiger partial charge in [-0.15, -0.1) is 0 Å². The van der Waals surface area contributed by atoms with Gasteiger partial charge < -0.3 is 9.84 Å². The Balaban J connectivity index is 2.35. The first-order valence-electron chi connectivity index (χ1n) is 5.73. The molecule has 1 aromatic heterocycles. The first kappa shape index (κ1) is 15.0. The second kappa shape index (κ2) is 5.55. The number of hydrogen-bond acceptors (Lipinski definition) is 3. The summed E-state index contributed by atoms with van der Waals surface area (Å²) >= 11 is 0.